The third-order valence-electron chi connectivity index (χ3n) is 5.27. The lowest BCUT2D eigenvalue weighted by molar-refractivity contribution is -0.118. The molecule has 1 saturated carbocycles. The fraction of sp³-hybridized carbons (Fsp3) is 0.273. The second-order valence-corrected chi connectivity index (χ2v) is 8.00. The Labute approximate surface area is 177 Å². The van der Waals surface area contributed by atoms with Crippen molar-refractivity contribution in [1.29, 1.82) is 0 Å². The summed E-state index contributed by atoms with van der Waals surface area (Å²) in [5.74, 6) is 1.76. The summed E-state index contributed by atoms with van der Waals surface area (Å²) in [4.78, 5) is 13.0. The summed E-state index contributed by atoms with van der Waals surface area (Å²) in [6, 6.07) is 13.1. The minimum absolute atomic E-state index is 0.0635. The monoisotopic (exact) mass is 456 g/mol. The highest BCUT2D eigenvalue weighted by molar-refractivity contribution is 9.10. The number of carbonyl (C=O) groups excluding carboxylic acids is 1. The summed E-state index contributed by atoms with van der Waals surface area (Å²) in [6.45, 7) is 1.99. The van der Waals surface area contributed by atoms with Crippen LogP contribution >= 0.6 is 15.9 Å². The maximum atomic E-state index is 13.0. The van der Waals surface area contributed by atoms with Crippen LogP contribution in [-0.4, -0.2) is 25.3 Å². The third kappa shape index (κ3) is 3.62. The number of nitrogens with one attached hydrogen (secondary N) is 1. The normalized spacial score (nSPS) is 14.3. The Balaban J connectivity index is 1.57. The Morgan fingerprint density at radius 1 is 1.10 bits per heavy atom. The number of nitrogens with zero attached hydrogens (tertiary/aromatic N) is 1. The van der Waals surface area contributed by atoms with Crippen molar-refractivity contribution < 1.29 is 18.8 Å². The molecule has 29 heavy (non-hydrogen) atoms. The van der Waals surface area contributed by atoms with E-state index in [0.717, 1.165) is 34.1 Å². The number of anilines is 1. The van der Waals surface area contributed by atoms with E-state index in [0.29, 0.717) is 23.0 Å². The van der Waals surface area contributed by atoms with Gasteiger partial charge in [0, 0.05) is 21.8 Å². The molecular weight excluding hydrogens is 436 g/mol. The van der Waals surface area contributed by atoms with E-state index >= 15 is 0 Å². The largest absolute Gasteiger partial charge is 0.493 e. The summed E-state index contributed by atoms with van der Waals surface area (Å²) < 4.78 is 17.2. The van der Waals surface area contributed by atoms with E-state index in [2.05, 4.69) is 26.4 Å². The van der Waals surface area contributed by atoms with Crippen molar-refractivity contribution in [2.75, 3.05) is 19.5 Å². The highest BCUT2D eigenvalue weighted by Crippen LogP contribution is 2.49. The number of hydrogen-bond donors (Lipinski definition) is 1. The summed E-state index contributed by atoms with van der Waals surface area (Å²) >= 11 is 3.48. The number of amides is 1. The zero-order valence-electron chi connectivity index (χ0n) is 16.4. The second-order valence-electron chi connectivity index (χ2n) is 7.15. The van der Waals surface area contributed by atoms with Crippen molar-refractivity contribution in [2.45, 2.75) is 25.2 Å². The van der Waals surface area contributed by atoms with Crippen molar-refractivity contribution in [3.8, 4) is 22.8 Å². The lowest BCUT2D eigenvalue weighted by Gasteiger charge is -2.13. The van der Waals surface area contributed by atoms with Gasteiger partial charge in [-0.3, -0.25) is 4.79 Å². The molecule has 0 spiro atoms. The molecule has 0 bridgehead atoms. The van der Waals surface area contributed by atoms with Crippen LogP contribution in [0.3, 0.4) is 0 Å². The van der Waals surface area contributed by atoms with Gasteiger partial charge in [0.15, 0.2) is 17.3 Å². The summed E-state index contributed by atoms with van der Waals surface area (Å²) in [7, 11) is 3.17. The molecule has 0 saturated heterocycles. The number of rotatable bonds is 6. The molecule has 1 N–H and O–H groups in total. The predicted molar refractivity (Wildman–Crippen MR) is 113 cm³/mol. The van der Waals surface area contributed by atoms with Gasteiger partial charge in [-0.05, 0) is 61.7 Å². The highest BCUT2D eigenvalue weighted by atomic mass is 79.9. The maximum Gasteiger partial charge on any atom is 0.236 e. The average Bonchev–Trinajstić information content (AvgIpc) is 3.40. The molecule has 1 aliphatic rings. The van der Waals surface area contributed by atoms with E-state index in [1.54, 1.807) is 14.2 Å². The zero-order valence-corrected chi connectivity index (χ0v) is 18.0. The first kappa shape index (κ1) is 19.5. The number of benzene rings is 2. The van der Waals surface area contributed by atoms with Gasteiger partial charge in [-0.15, -0.1) is 0 Å². The molecule has 0 aliphatic heterocycles. The van der Waals surface area contributed by atoms with Gasteiger partial charge in [-0.25, -0.2) is 0 Å². The Hall–Kier alpha value is -2.80. The molecule has 1 amide bonds. The topological polar surface area (TPSA) is 73.6 Å². The van der Waals surface area contributed by atoms with Gasteiger partial charge in [-0.2, -0.15) is 0 Å². The van der Waals surface area contributed by atoms with Crippen molar-refractivity contribution in [2.24, 2.45) is 0 Å². The van der Waals surface area contributed by atoms with Crippen LogP contribution in [0.15, 0.2) is 51.5 Å². The fourth-order valence-electron chi connectivity index (χ4n) is 3.32. The molecule has 1 heterocycles. The van der Waals surface area contributed by atoms with Crippen LogP contribution in [-0.2, 0) is 10.2 Å². The SMILES string of the molecule is COc1ccc(-c2cc(C3(C(=O)Nc4ccc(Br)c(C)c4)CC3)no2)cc1OC. The van der Waals surface area contributed by atoms with Crippen LogP contribution in [0.2, 0.25) is 0 Å². The maximum absolute atomic E-state index is 13.0. The number of aryl methyl sites for hydroxylation is 1. The molecule has 1 aliphatic carbocycles. The molecule has 4 rings (SSSR count). The van der Waals surface area contributed by atoms with E-state index in [1.165, 1.54) is 0 Å². The molecule has 150 valence electrons. The number of carbonyl (C=O) groups is 1. The Bertz CT molecular complexity index is 1070. The Kier molecular flexibility index (Phi) is 5.08. The van der Waals surface area contributed by atoms with Gasteiger partial charge < -0.3 is 19.3 Å². The molecule has 7 heteroatoms. The lowest BCUT2D eigenvalue weighted by Crippen LogP contribution is -2.28. The molecule has 3 aromatic rings. The number of halogens is 1. The van der Waals surface area contributed by atoms with Gasteiger partial charge in [-0.1, -0.05) is 21.1 Å². The van der Waals surface area contributed by atoms with E-state index in [4.69, 9.17) is 14.0 Å². The highest BCUT2D eigenvalue weighted by Gasteiger charge is 2.53. The van der Waals surface area contributed by atoms with Crippen LogP contribution in [0.4, 0.5) is 5.69 Å². The van der Waals surface area contributed by atoms with E-state index in [1.807, 2.05) is 49.4 Å². The predicted octanol–water partition coefficient (Wildman–Crippen LogP) is 5.10. The minimum atomic E-state index is -0.640. The van der Waals surface area contributed by atoms with Crippen molar-refractivity contribution in [3.63, 3.8) is 0 Å². The lowest BCUT2D eigenvalue weighted by atomic mass is 10.00. The fourth-order valence-corrected chi connectivity index (χ4v) is 3.57. The van der Waals surface area contributed by atoms with Gasteiger partial charge in [0.25, 0.3) is 0 Å². The number of ether oxygens (including phenoxy) is 2. The van der Waals surface area contributed by atoms with Crippen LogP contribution in [0.25, 0.3) is 11.3 Å². The number of aromatic nitrogens is 1. The first-order chi connectivity index (χ1) is 14.0. The van der Waals surface area contributed by atoms with Crippen molar-refractivity contribution >= 4 is 27.5 Å². The van der Waals surface area contributed by atoms with E-state index in [9.17, 15) is 4.79 Å². The summed E-state index contributed by atoms with van der Waals surface area (Å²) in [5.41, 5.74) is 2.64. The first-order valence-corrected chi connectivity index (χ1v) is 10.0. The van der Waals surface area contributed by atoms with Gasteiger partial charge >= 0.3 is 0 Å². The Morgan fingerprint density at radius 3 is 2.52 bits per heavy atom. The summed E-state index contributed by atoms with van der Waals surface area (Å²) in [6.07, 6.45) is 1.48. The second kappa shape index (κ2) is 7.55. The smallest absolute Gasteiger partial charge is 0.236 e. The molecule has 2 aromatic carbocycles. The quantitative estimate of drug-likeness (QED) is 0.558. The molecule has 1 aromatic heterocycles. The van der Waals surface area contributed by atoms with Crippen molar-refractivity contribution in [1.82, 2.24) is 5.16 Å². The van der Waals surface area contributed by atoms with E-state index in [-0.39, 0.29) is 5.91 Å². The minimum Gasteiger partial charge on any atom is -0.493 e. The van der Waals surface area contributed by atoms with Crippen LogP contribution < -0.4 is 14.8 Å². The van der Waals surface area contributed by atoms with Crippen LogP contribution in [0.5, 0.6) is 11.5 Å². The molecule has 1 fully saturated rings. The van der Waals surface area contributed by atoms with Crippen LogP contribution in [0.1, 0.15) is 24.1 Å². The van der Waals surface area contributed by atoms with Gasteiger partial charge in [0.2, 0.25) is 5.91 Å². The first-order valence-electron chi connectivity index (χ1n) is 9.24. The number of hydrogen-bond acceptors (Lipinski definition) is 5. The standard InChI is InChI=1S/C22H21BrN2O4/c1-13-10-15(5-6-16(13)23)24-21(26)22(8-9-22)20-12-18(29-25-20)14-4-7-17(27-2)19(11-14)28-3/h4-7,10-12H,8-9H2,1-3H3,(H,24,26). The molecule has 0 radical (unpaired) electrons. The number of methoxy groups -OCH3 is 2. The van der Waals surface area contributed by atoms with Gasteiger partial charge in [0.1, 0.15) is 0 Å². The average molecular weight is 457 g/mol. The molecule has 0 atom stereocenters. The molecule has 6 nitrogen and oxygen atoms in total. The third-order valence-corrected chi connectivity index (χ3v) is 6.16. The van der Waals surface area contributed by atoms with Crippen LogP contribution in [0, 0.1) is 6.92 Å². The van der Waals surface area contributed by atoms with Gasteiger partial charge in [0.05, 0.1) is 25.3 Å². The van der Waals surface area contributed by atoms with Crippen molar-refractivity contribution in [3.05, 3.63) is 58.2 Å². The summed E-state index contributed by atoms with van der Waals surface area (Å²) in [5, 5.41) is 7.22. The zero-order chi connectivity index (χ0) is 20.6. The Morgan fingerprint density at radius 2 is 1.86 bits per heavy atom. The van der Waals surface area contributed by atoms with E-state index < -0.39 is 5.41 Å². The molecular formula is C22H21BrN2O4. The molecule has 0 unspecified atom stereocenters.